The first-order valence-corrected chi connectivity index (χ1v) is 6.67. The molecule has 0 aliphatic heterocycles. The highest BCUT2D eigenvalue weighted by Gasteiger charge is 2.24. The molecule has 0 heterocycles. The summed E-state index contributed by atoms with van der Waals surface area (Å²) in [4.78, 5) is 23.3. The first-order valence-electron chi connectivity index (χ1n) is 6.67. The molecule has 0 radical (unpaired) electrons. The summed E-state index contributed by atoms with van der Waals surface area (Å²) in [6, 6.07) is 6.78. The molecule has 1 aromatic carbocycles. The third-order valence-electron chi connectivity index (χ3n) is 3.12. The standard InChI is InChI=1S/C15H18O4/c1-2-18-15(17)11-6-5-7-12(10-11)19-14-9-4-3-8-13(14)16/h5-7,10,14H,2-4,8-9H2,1H3. The Morgan fingerprint density at radius 1 is 1.37 bits per heavy atom. The summed E-state index contributed by atoms with van der Waals surface area (Å²) in [5.41, 5.74) is 0.447. The van der Waals surface area contributed by atoms with Crippen molar-refractivity contribution in [2.75, 3.05) is 6.61 Å². The average molecular weight is 262 g/mol. The highest BCUT2D eigenvalue weighted by atomic mass is 16.5. The Labute approximate surface area is 112 Å². The van der Waals surface area contributed by atoms with E-state index >= 15 is 0 Å². The second-order valence-electron chi connectivity index (χ2n) is 4.57. The predicted molar refractivity (Wildman–Crippen MR) is 70.3 cm³/mol. The summed E-state index contributed by atoms with van der Waals surface area (Å²) >= 11 is 0. The van der Waals surface area contributed by atoms with E-state index in [1.165, 1.54) is 0 Å². The molecule has 2 rings (SSSR count). The lowest BCUT2D eigenvalue weighted by atomic mass is 9.96. The number of ketones is 1. The largest absolute Gasteiger partial charge is 0.483 e. The molecule has 0 aromatic heterocycles. The van der Waals surface area contributed by atoms with Crippen LogP contribution in [-0.2, 0) is 9.53 Å². The van der Waals surface area contributed by atoms with Gasteiger partial charge >= 0.3 is 5.97 Å². The topological polar surface area (TPSA) is 52.6 Å². The van der Waals surface area contributed by atoms with Crippen LogP contribution in [0, 0.1) is 0 Å². The maximum absolute atomic E-state index is 11.7. The maximum atomic E-state index is 11.7. The van der Waals surface area contributed by atoms with Gasteiger partial charge in [0.15, 0.2) is 11.9 Å². The summed E-state index contributed by atoms with van der Waals surface area (Å²) in [6.45, 7) is 2.10. The molecule has 1 aromatic rings. The van der Waals surface area contributed by atoms with Crippen molar-refractivity contribution in [3.05, 3.63) is 29.8 Å². The van der Waals surface area contributed by atoms with E-state index in [9.17, 15) is 9.59 Å². The van der Waals surface area contributed by atoms with Crippen molar-refractivity contribution in [2.24, 2.45) is 0 Å². The normalized spacial score (nSPS) is 19.0. The van der Waals surface area contributed by atoms with Crippen LogP contribution in [0.5, 0.6) is 5.75 Å². The zero-order chi connectivity index (χ0) is 13.7. The van der Waals surface area contributed by atoms with Crippen LogP contribution in [0.15, 0.2) is 24.3 Å². The van der Waals surface area contributed by atoms with Gasteiger partial charge in [0, 0.05) is 6.42 Å². The zero-order valence-electron chi connectivity index (χ0n) is 11.1. The van der Waals surface area contributed by atoms with E-state index in [0.29, 0.717) is 24.3 Å². The van der Waals surface area contributed by atoms with Gasteiger partial charge in [-0.05, 0) is 44.4 Å². The van der Waals surface area contributed by atoms with Crippen molar-refractivity contribution in [3.63, 3.8) is 0 Å². The SMILES string of the molecule is CCOC(=O)c1cccc(OC2CCCCC2=O)c1. The van der Waals surface area contributed by atoms with E-state index in [0.717, 1.165) is 19.3 Å². The van der Waals surface area contributed by atoms with Gasteiger partial charge in [-0.25, -0.2) is 4.79 Å². The molecule has 0 saturated heterocycles. The monoisotopic (exact) mass is 262 g/mol. The molecule has 1 fully saturated rings. The van der Waals surface area contributed by atoms with Crippen LogP contribution >= 0.6 is 0 Å². The van der Waals surface area contributed by atoms with Gasteiger partial charge in [-0.1, -0.05) is 6.07 Å². The first kappa shape index (κ1) is 13.6. The summed E-state index contributed by atoms with van der Waals surface area (Å²) < 4.78 is 10.6. The van der Waals surface area contributed by atoms with Crippen LogP contribution in [0.25, 0.3) is 0 Å². The number of carbonyl (C=O) groups is 2. The average Bonchev–Trinajstić information content (AvgIpc) is 2.42. The first-order chi connectivity index (χ1) is 9.20. The minimum absolute atomic E-state index is 0.146. The third kappa shape index (κ3) is 3.56. The third-order valence-corrected chi connectivity index (χ3v) is 3.12. The van der Waals surface area contributed by atoms with Crippen LogP contribution in [0.3, 0.4) is 0 Å². The Hall–Kier alpha value is -1.84. The summed E-state index contributed by atoms with van der Waals surface area (Å²) in [6.07, 6.45) is 2.92. The van der Waals surface area contributed by atoms with Gasteiger partial charge in [0.25, 0.3) is 0 Å². The Balaban J connectivity index is 2.06. The van der Waals surface area contributed by atoms with Gasteiger partial charge in [-0.15, -0.1) is 0 Å². The van der Waals surface area contributed by atoms with Crippen molar-refractivity contribution in [1.29, 1.82) is 0 Å². The van der Waals surface area contributed by atoms with E-state index in [1.54, 1.807) is 31.2 Å². The van der Waals surface area contributed by atoms with Crippen molar-refractivity contribution in [3.8, 4) is 5.75 Å². The Morgan fingerprint density at radius 2 is 2.21 bits per heavy atom. The Kier molecular flexibility index (Phi) is 4.55. The lowest BCUT2D eigenvalue weighted by Crippen LogP contribution is -2.30. The van der Waals surface area contributed by atoms with Gasteiger partial charge < -0.3 is 9.47 Å². The molecule has 4 heteroatoms. The van der Waals surface area contributed by atoms with Gasteiger partial charge in [0.05, 0.1) is 12.2 Å². The molecule has 1 unspecified atom stereocenters. The van der Waals surface area contributed by atoms with Gasteiger partial charge in [0.1, 0.15) is 5.75 Å². The van der Waals surface area contributed by atoms with E-state index in [2.05, 4.69) is 0 Å². The fourth-order valence-corrected chi connectivity index (χ4v) is 2.15. The predicted octanol–water partition coefficient (Wildman–Crippen LogP) is 2.75. The van der Waals surface area contributed by atoms with Crippen molar-refractivity contribution >= 4 is 11.8 Å². The molecule has 1 saturated carbocycles. The van der Waals surface area contributed by atoms with E-state index < -0.39 is 0 Å². The minimum Gasteiger partial charge on any atom is -0.483 e. The molecule has 0 spiro atoms. The van der Waals surface area contributed by atoms with Crippen LogP contribution in [0.1, 0.15) is 43.0 Å². The molecule has 1 aliphatic rings. The second-order valence-corrected chi connectivity index (χ2v) is 4.57. The number of Topliss-reactive ketones (excluding diaryl/α,β-unsaturated/α-hetero) is 1. The van der Waals surface area contributed by atoms with Crippen LogP contribution in [0.4, 0.5) is 0 Å². The Morgan fingerprint density at radius 3 is 2.95 bits per heavy atom. The number of hydrogen-bond acceptors (Lipinski definition) is 4. The maximum Gasteiger partial charge on any atom is 0.338 e. The smallest absolute Gasteiger partial charge is 0.338 e. The highest BCUT2D eigenvalue weighted by molar-refractivity contribution is 5.90. The number of carbonyl (C=O) groups excluding carboxylic acids is 2. The fourth-order valence-electron chi connectivity index (χ4n) is 2.15. The Bertz CT molecular complexity index is 467. The van der Waals surface area contributed by atoms with Crippen molar-refractivity contribution in [2.45, 2.75) is 38.7 Å². The summed E-state index contributed by atoms with van der Waals surface area (Å²) in [7, 11) is 0. The number of esters is 1. The van der Waals surface area contributed by atoms with Crippen molar-refractivity contribution in [1.82, 2.24) is 0 Å². The van der Waals surface area contributed by atoms with E-state index in [-0.39, 0.29) is 17.9 Å². The molecule has 0 bridgehead atoms. The molecule has 102 valence electrons. The molecule has 1 aliphatic carbocycles. The van der Waals surface area contributed by atoms with Crippen molar-refractivity contribution < 1.29 is 19.1 Å². The fraction of sp³-hybridized carbons (Fsp3) is 0.467. The van der Waals surface area contributed by atoms with E-state index in [1.807, 2.05) is 0 Å². The lowest BCUT2D eigenvalue weighted by Gasteiger charge is -2.21. The lowest BCUT2D eigenvalue weighted by molar-refractivity contribution is -0.127. The number of benzene rings is 1. The highest BCUT2D eigenvalue weighted by Crippen LogP contribution is 2.22. The van der Waals surface area contributed by atoms with Gasteiger partial charge in [-0.3, -0.25) is 4.79 Å². The summed E-state index contributed by atoms with van der Waals surface area (Å²) in [5.74, 6) is 0.321. The second kappa shape index (κ2) is 6.36. The molecule has 19 heavy (non-hydrogen) atoms. The number of rotatable bonds is 4. The number of ether oxygens (including phenoxy) is 2. The molecular formula is C15H18O4. The molecule has 0 N–H and O–H groups in total. The quantitative estimate of drug-likeness (QED) is 0.783. The van der Waals surface area contributed by atoms with Crippen LogP contribution in [-0.4, -0.2) is 24.5 Å². The van der Waals surface area contributed by atoms with Crippen LogP contribution < -0.4 is 4.74 Å². The zero-order valence-corrected chi connectivity index (χ0v) is 11.1. The molecule has 1 atom stereocenters. The van der Waals surface area contributed by atoms with Gasteiger partial charge in [0.2, 0.25) is 0 Å². The van der Waals surface area contributed by atoms with Crippen LogP contribution in [0.2, 0.25) is 0 Å². The minimum atomic E-state index is -0.372. The van der Waals surface area contributed by atoms with Gasteiger partial charge in [-0.2, -0.15) is 0 Å². The molecule has 0 amide bonds. The number of hydrogen-bond donors (Lipinski definition) is 0. The molecule has 4 nitrogen and oxygen atoms in total. The molecular weight excluding hydrogens is 244 g/mol. The summed E-state index contributed by atoms with van der Waals surface area (Å²) in [5, 5.41) is 0. The van der Waals surface area contributed by atoms with E-state index in [4.69, 9.17) is 9.47 Å².